The van der Waals surface area contributed by atoms with Crippen molar-refractivity contribution in [3.8, 4) is 0 Å². The molecule has 0 atom stereocenters. The molecular formula is C11H23B5N2O3. The van der Waals surface area contributed by atoms with Crippen LogP contribution in [0.2, 0.25) is 0 Å². The van der Waals surface area contributed by atoms with E-state index in [2.05, 4.69) is 5.10 Å². The van der Waals surface area contributed by atoms with Gasteiger partial charge in [0.05, 0.1) is 11.2 Å². The lowest BCUT2D eigenvalue weighted by Crippen LogP contribution is -2.58. The van der Waals surface area contributed by atoms with Crippen molar-refractivity contribution in [2.24, 2.45) is 0 Å². The lowest BCUT2D eigenvalue weighted by Gasteiger charge is -2.38. The van der Waals surface area contributed by atoms with Crippen LogP contribution in [0.25, 0.3) is 0 Å². The molecule has 21 heavy (non-hydrogen) atoms. The molecule has 110 valence electrons. The molecule has 0 unspecified atom stereocenters. The Morgan fingerprint density at radius 3 is 2.05 bits per heavy atom. The van der Waals surface area contributed by atoms with Gasteiger partial charge in [0.15, 0.2) is 0 Å². The van der Waals surface area contributed by atoms with E-state index in [9.17, 15) is 5.11 Å². The van der Waals surface area contributed by atoms with Crippen LogP contribution in [0.1, 0.15) is 27.7 Å². The van der Waals surface area contributed by atoms with Crippen molar-refractivity contribution in [2.45, 2.75) is 49.6 Å². The first-order valence-electron chi connectivity index (χ1n) is 7.41. The van der Waals surface area contributed by atoms with Gasteiger partial charge in [0.1, 0.15) is 31.4 Å². The summed E-state index contributed by atoms with van der Waals surface area (Å²) >= 11 is 0. The van der Waals surface area contributed by atoms with Gasteiger partial charge in [-0.3, -0.25) is 4.68 Å². The fraction of sp³-hybridized carbons (Fsp3) is 0.727. The van der Waals surface area contributed by atoms with E-state index in [0.717, 1.165) is 5.46 Å². The standard InChI is InChI=1S/C11H23B5N2O3/c1-8(2)9(3,4)21-16(20-8)7-5-17-18(6-7)10(12,13)11(14,15)19/h5-6,19H,12-15H2,1-4H3. The molecule has 1 aromatic heterocycles. The predicted molar refractivity (Wildman–Crippen MR) is 95.0 cm³/mol. The van der Waals surface area contributed by atoms with Crippen LogP contribution in [0, 0.1) is 0 Å². The van der Waals surface area contributed by atoms with Crippen LogP contribution in [0.4, 0.5) is 0 Å². The molecule has 2 heterocycles. The number of aromatic nitrogens is 2. The molecule has 0 spiro atoms. The average molecular weight is 285 g/mol. The first-order valence-corrected chi connectivity index (χ1v) is 7.41. The fourth-order valence-corrected chi connectivity index (χ4v) is 2.02. The number of nitrogens with zero attached hydrogens (tertiary/aromatic N) is 2. The molecule has 0 aromatic carbocycles. The molecule has 0 saturated carbocycles. The van der Waals surface area contributed by atoms with E-state index in [1.165, 1.54) is 0 Å². The van der Waals surface area contributed by atoms with Crippen LogP contribution >= 0.6 is 0 Å². The molecule has 1 aliphatic rings. The summed E-state index contributed by atoms with van der Waals surface area (Å²) in [6, 6.07) is 0. The molecule has 10 heteroatoms. The predicted octanol–water partition coefficient (Wildman–Crippen LogP) is -4.03. The highest BCUT2D eigenvalue weighted by Crippen LogP contribution is 2.36. The number of hydrogen-bond donors (Lipinski definition) is 1. The van der Waals surface area contributed by atoms with E-state index in [4.69, 9.17) is 9.31 Å². The van der Waals surface area contributed by atoms with Crippen molar-refractivity contribution in [3.05, 3.63) is 12.4 Å². The van der Waals surface area contributed by atoms with Crippen LogP contribution < -0.4 is 5.46 Å². The first kappa shape index (κ1) is 16.8. The topological polar surface area (TPSA) is 56.5 Å². The lowest BCUT2D eigenvalue weighted by atomic mass is 9.40. The third-order valence-corrected chi connectivity index (χ3v) is 5.20. The normalized spacial score (nSPS) is 21.7. The maximum atomic E-state index is 10.3. The fourth-order valence-electron chi connectivity index (χ4n) is 2.02. The van der Waals surface area contributed by atoms with Crippen molar-refractivity contribution >= 4 is 44.0 Å². The molecule has 1 saturated heterocycles. The van der Waals surface area contributed by atoms with Gasteiger partial charge in [-0.1, -0.05) is 0 Å². The summed E-state index contributed by atoms with van der Waals surface area (Å²) in [6.07, 6.45) is 3.63. The van der Waals surface area contributed by atoms with Gasteiger partial charge in [0, 0.05) is 28.6 Å². The van der Waals surface area contributed by atoms with Crippen LogP contribution in [-0.4, -0.2) is 70.0 Å². The van der Waals surface area contributed by atoms with Crippen LogP contribution in [0.5, 0.6) is 0 Å². The van der Waals surface area contributed by atoms with E-state index < -0.39 is 17.9 Å². The molecule has 0 amide bonds. The Bertz CT molecular complexity index is 522. The van der Waals surface area contributed by atoms with Crippen molar-refractivity contribution in [2.75, 3.05) is 0 Å². The van der Waals surface area contributed by atoms with E-state index in [-0.39, 0.29) is 11.2 Å². The van der Waals surface area contributed by atoms with E-state index in [1.54, 1.807) is 26.6 Å². The number of aliphatic hydroxyl groups is 1. The minimum absolute atomic E-state index is 0.370. The van der Waals surface area contributed by atoms with E-state index >= 15 is 0 Å². The van der Waals surface area contributed by atoms with Crippen LogP contribution in [-0.2, 0) is 14.6 Å². The Balaban J connectivity index is 2.27. The Kier molecular flexibility index (Phi) is 3.76. The van der Waals surface area contributed by atoms with Gasteiger partial charge >= 0.3 is 7.12 Å². The highest BCUT2D eigenvalue weighted by Gasteiger charge is 2.52. The van der Waals surface area contributed by atoms with Gasteiger partial charge in [-0.05, 0) is 27.7 Å². The second-order valence-corrected chi connectivity index (χ2v) is 7.92. The second-order valence-electron chi connectivity index (χ2n) is 7.92. The van der Waals surface area contributed by atoms with Gasteiger partial charge in [-0.2, -0.15) is 5.10 Å². The molecule has 1 aromatic rings. The minimum atomic E-state index is -0.897. The summed E-state index contributed by atoms with van der Waals surface area (Å²) in [7, 11) is 7.04. The zero-order valence-corrected chi connectivity index (χ0v) is 14.4. The van der Waals surface area contributed by atoms with Gasteiger partial charge in [-0.15, -0.1) is 0 Å². The third kappa shape index (κ3) is 2.73. The Morgan fingerprint density at radius 2 is 1.62 bits per heavy atom. The van der Waals surface area contributed by atoms with Gasteiger partial charge < -0.3 is 14.4 Å². The van der Waals surface area contributed by atoms with Crippen LogP contribution in [0.3, 0.4) is 0 Å². The largest absolute Gasteiger partial charge is 0.498 e. The summed E-state index contributed by atoms with van der Waals surface area (Å²) in [5.41, 5.74) is 0.128. The molecule has 0 radical (unpaired) electrons. The Morgan fingerprint density at radius 1 is 1.14 bits per heavy atom. The number of rotatable bonds is 3. The highest BCUT2D eigenvalue weighted by atomic mass is 16.7. The summed E-state index contributed by atoms with van der Waals surface area (Å²) < 4.78 is 13.8. The maximum Gasteiger partial charge on any atom is 0.498 e. The molecule has 5 nitrogen and oxygen atoms in total. The molecular weight excluding hydrogens is 262 g/mol. The zero-order valence-electron chi connectivity index (χ0n) is 14.4. The molecule has 1 aliphatic heterocycles. The Hall–Kier alpha value is -0.585. The van der Waals surface area contributed by atoms with Crippen molar-refractivity contribution in [1.29, 1.82) is 0 Å². The minimum Gasteiger partial charge on any atom is -0.407 e. The Labute approximate surface area is 130 Å². The smallest absolute Gasteiger partial charge is 0.407 e. The maximum absolute atomic E-state index is 10.3. The van der Waals surface area contributed by atoms with Crippen molar-refractivity contribution in [3.63, 3.8) is 0 Å². The molecule has 0 bridgehead atoms. The first-order chi connectivity index (χ1) is 9.28. The van der Waals surface area contributed by atoms with Crippen molar-refractivity contribution in [1.82, 2.24) is 9.78 Å². The third-order valence-electron chi connectivity index (χ3n) is 5.20. The molecule has 1 N–H and O–H groups in total. The van der Waals surface area contributed by atoms with Gasteiger partial charge in [0.25, 0.3) is 0 Å². The zero-order chi connectivity index (χ0) is 16.3. The number of hydrogen-bond acceptors (Lipinski definition) is 4. The summed E-state index contributed by atoms with van der Waals surface area (Å²) in [6.45, 7) is 8.10. The molecule has 0 aliphatic carbocycles. The van der Waals surface area contributed by atoms with E-state index in [0.29, 0.717) is 0 Å². The lowest BCUT2D eigenvalue weighted by molar-refractivity contribution is 0.00578. The van der Waals surface area contributed by atoms with Crippen molar-refractivity contribution < 1.29 is 14.4 Å². The monoisotopic (exact) mass is 286 g/mol. The quantitative estimate of drug-likeness (QED) is 0.575. The molecule has 1 fully saturated rings. The second kappa shape index (κ2) is 4.70. The summed E-state index contributed by atoms with van der Waals surface area (Å²) in [5.74, 6) is 0. The SMILES string of the molecule is BC(B)(O)C(B)(B)n1cc(B2OC(C)(C)C(C)(C)O2)cn1. The van der Waals surface area contributed by atoms with Gasteiger partial charge in [-0.25, -0.2) is 0 Å². The summed E-state index contributed by atoms with van der Waals surface area (Å²) in [5, 5.41) is 13.3. The van der Waals surface area contributed by atoms with E-state index in [1.807, 2.05) is 49.6 Å². The average Bonchev–Trinajstić information content (AvgIpc) is 2.81. The van der Waals surface area contributed by atoms with Crippen LogP contribution in [0.15, 0.2) is 12.4 Å². The molecule has 2 rings (SSSR count). The van der Waals surface area contributed by atoms with Gasteiger partial charge in [0.2, 0.25) is 0 Å². The summed E-state index contributed by atoms with van der Waals surface area (Å²) in [4.78, 5) is 0. The highest BCUT2D eigenvalue weighted by molar-refractivity contribution is 6.62.